The number of aliphatic hydroxyl groups is 2. The molecule has 2 rings (SSSR count). The minimum absolute atomic E-state index is 0.0785. The number of hydrogen-bond donors (Lipinski definition) is 3. The monoisotopic (exact) mass is 292 g/mol. The molecule has 0 aliphatic rings. The number of rotatable bonds is 6. The van der Waals surface area contributed by atoms with E-state index in [0.29, 0.717) is 18.1 Å². The van der Waals surface area contributed by atoms with E-state index in [4.69, 9.17) is 0 Å². The standard InChI is InChI=1S/C15H20N2O2S/c1-15(19,10-20-2)9-16-14-12(8-18)7-11-5-3-4-6-13(11)17-14/h3-7,18-19H,8-10H2,1-2H3,(H,16,17)/t15-/m0/s1. The van der Waals surface area contributed by atoms with Crippen molar-refractivity contribution in [2.45, 2.75) is 19.1 Å². The molecule has 0 amide bonds. The Morgan fingerprint density at radius 1 is 1.35 bits per heavy atom. The van der Waals surface area contributed by atoms with Gasteiger partial charge in [0.15, 0.2) is 0 Å². The van der Waals surface area contributed by atoms with Gasteiger partial charge < -0.3 is 15.5 Å². The van der Waals surface area contributed by atoms with Crippen LogP contribution in [0.5, 0.6) is 0 Å². The molecule has 2 aromatic rings. The van der Waals surface area contributed by atoms with E-state index in [0.717, 1.165) is 16.5 Å². The van der Waals surface area contributed by atoms with Gasteiger partial charge in [-0.25, -0.2) is 4.98 Å². The Kier molecular flexibility index (Phi) is 4.86. The number of anilines is 1. The van der Waals surface area contributed by atoms with Gasteiger partial charge in [-0.05, 0) is 25.3 Å². The smallest absolute Gasteiger partial charge is 0.132 e. The highest BCUT2D eigenvalue weighted by Crippen LogP contribution is 2.21. The lowest BCUT2D eigenvalue weighted by atomic mass is 10.1. The molecule has 5 heteroatoms. The molecule has 1 atom stereocenters. The number of aliphatic hydroxyl groups excluding tert-OH is 1. The van der Waals surface area contributed by atoms with Crippen LogP contribution >= 0.6 is 11.8 Å². The third kappa shape index (κ3) is 3.62. The van der Waals surface area contributed by atoms with Gasteiger partial charge in [-0.15, -0.1) is 0 Å². The van der Waals surface area contributed by atoms with Gasteiger partial charge in [0.2, 0.25) is 0 Å². The van der Waals surface area contributed by atoms with Crippen molar-refractivity contribution in [1.29, 1.82) is 0 Å². The van der Waals surface area contributed by atoms with Crippen LogP contribution < -0.4 is 5.32 Å². The van der Waals surface area contributed by atoms with Crippen LogP contribution in [0.3, 0.4) is 0 Å². The van der Waals surface area contributed by atoms with Crippen LogP contribution in [0.4, 0.5) is 5.82 Å². The van der Waals surface area contributed by atoms with Gasteiger partial charge in [-0.2, -0.15) is 11.8 Å². The summed E-state index contributed by atoms with van der Waals surface area (Å²) in [4.78, 5) is 4.52. The molecule has 1 aromatic heterocycles. The van der Waals surface area contributed by atoms with E-state index in [-0.39, 0.29) is 6.61 Å². The van der Waals surface area contributed by atoms with Crippen molar-refractivity contribution in [2.75, 3.05) is 23.9 Å². The van der Waals surface area contributed by atoms with Gasteiger partial charge in [0.05, 0.1) is 17.7 Å². The average molecular weight is 292 g/mol. The molecule has 0 saturated carbocycles. The molecule has 0 fully saturated rings. The summed E-state index contributed by atoms with van der Waals surface area (Å²) in [6, 6.07) is 9.70. The molecular weight excluding hydrogens is 272 g/mol. The Bertz CT molecular complexity index is 587. The first kappa shape index (κ1) is 15.1. The Labute approximate surface area is 123 Å². The van der Waals surface area contributed by atoms with Crippen LogP contribution in [-0.4, -0.2) is 39.4 Å². The Balaban J connectivity index is 2.24. The molecule has 0 radical (unpaired) electrons. The topological polar surface area (TPSA) is 65.4 Å². The summed E-state index contributed by atoms with van der Waals surface area (Å²) >= 11 is 1.60. The van der Waals surface area contributed by atoms with Crippen molar-refractivity contribution in [2.24, 2.45) is 0 Å². The van der Waals surface area contributed by atoms with E-state index in [1.165, 1.54) is 0 Å². The van der Waals surface area contributed by atoms with Gasteiger partial charge in [0.25, 0.3) is 0 Å². The second kappa shape index (κ2) is 6.43. The normalized spacial score (nSPS) is 14.2. The first-order chi connectivity index (χ1) is 9.55. The average Bonchev–Trinajstić information content (AvgIpc) is 2.44. The van der Waals surface area contributed by atoms with Gasteiger partial charge in [0.1, 0.15) is 5.82 Å². The number of para-hydroxylation sites is 1. The fraction of sp³-hybridized carbons (Fsp3) is 0.400. The van der Waals surface area contributed by atoms with Crippen molar-refractivity contribution < 1.29 is 10.2 Å². The summed E-state index contributed by atoms with van der Waals surface area (Å²) < 4.78 is 0. The molecule has 20 heavy (non-hydrogen) atoms. The molecule has 1 heterocycles. The number of aromatic nitrogens is 1. The number of nitrogens with one attached hydrogen (secondary N) is 1. The Hall–Kier alpha value is -1.30. The van der Waals surface area contributed by atoms with E-state index in [1.807, 2.05) is 36.6 Å². The number of nitrogens with zero attached hydrogens (tertiary/aromatic N) is 1. The third-order valence-electron chi connectivity index (χ3n) is 3.07. The SMILES string of the molecule is CSC[C@@](C)(O)CNc1nc2ccccc2cc1CO. The first-order valence-electron chi connectivity index (χ1n) is 6.50. The molecule has 0 aliphatic heterocycles. The van der Waals surface area contributed by atoms with Crippen LogP contribution in [0.15, 0.2) is 30.3 Å². The molecule has 4 nitrogen and oxygen atoms in total. The lowest BCUT2D eigenvalue weighted by Gasteiger charge is -2.23. The van der Waals surface area contributed by atoms with Crippen LogP contribution in [0, 0.1) is 0 Å². The molecule has 0 unspecified atom stereocenters. The van der Waals surface area contributed by atoms with E-state index < -0.39 is 5.60 Å². The van der Waals surface area contributed by atoms with Gasteiger partial charge in [0, 0.05) is 23.2 Å². The van der Waals surface area contributed by atoms with Crippen molar-refractivity contribution in [3.05, 3.63) is 35.9 Å². The largest absolute Gasteiger partial charge is 0.392 e. The number of pyridine rings is 1. The molecule has 0 spiro atoms. The lowest BCUT2D eigenvalue weighted by Crippen LogP contribution is -2.36. The van der Waals surface area contributed by atoms with E-state index in [1.54, 1.807) is 18.7 Å². The van der Waals surface area contributed by atoms with Gasteiger partial charge in [-0.1, -0.05) is 18.2 Å². The van der Waals surface area contributed by atoms with E-state index >= 15 is 0 Å². The van der Waals surface area contributed by atoms with E-state index in [2.05, 4.69) is 10.3 Å². The van der Waals surface area contributed by atoms with Crippen LogP contribution in [0.1, 0.15) is 12.5 Å². The predicted molar refractivity (Wildman–Crippen MR) is 85.2 cm³/mol. The molecule has 3 N–H and O–H groups in total. The second-order valence-electron chi connectivity index (χ2n) is 5.13. The number of thioether (sulfide) groups is 1. The Morgan fingerprint density at radius 3 is 2.80 bits per heavy atom. The summed E-state index contributed by atoms with van der Waals surface area (Å²) in [5.74, 6) is 1.27. The van der Waals surface area contributed by atoms with Gasteiger partial charge >= 0.3 is 0 Å². The highest BCUT2D eigenvalue weighted by Gasteiger charge is 2.20. The quantitative estimate of drug-likeness (QED) is 0.762. The summed E-state index contributed by atoms with van der Waals surface area (Å²) in [7, 11) is 0. The summed E-state index contributed by atoms with van der Waals surface area (Å²) in [5, 5.41) is 23.8. The summed E-state index contributed by atoms with van der Waals surface area (Å²) in [5.41, 5.74) is 0.805. The molecule has 0 saturated heterocycles. The zero-order valence-electron chi connectivity index (χ0n) is 11.8. The van der Waals surface area contributed by atoms with E-state index in [9.17, 15) is 10.2 Å². The highest BCUT2D eigenvalue weighted by atomic mass is 32.2. The fourth-order valence-corrected chi connectivity index (χ4v) is 2.79. The number of fused-ring (bicyclic) bond motifs is 1. The molecular formula is C15H20N2O2S. The lowest BCUT2D eigenvalue weighted by molar-refractivity contribution is 0.0995. The number of benzene rings is 1. The van der Waals surface area contributed by atoms with Crippen molar-refractivity contribution in [3.8, 4) is 0 Å². The van der Waals surface area contributed by atoms with Crippen molar-refractivity contribution in [1.82, 2.24) is 4.98 Å². The fourth-order valence-electron chi connectivity index (χ4n) is 2.07. The molecule has 108 valence electrons. The van der Waals surface area contributed by atoms with Gasteiger partial charge in [-0.3, -0.25) is 0 Å². The maximum atomic E-state index is 10.2. The minimum Gasteiger partial charge on any atom is -0.392 e. The molecule has 0 bridgehead atoms. The maximum absolute atomic E-state index is 10.2. The summed E-state index contributed by atoms with van der Waals surface area (Å²) in [6.45, 7) is 2.10. The van der Waals surface area contributed by atoms with Crippen LogP contribution in [0.2, 0.25) is 0 Å². The zero-order valence-corrected chi connectivity index (χ0v) is 12.6. The zero-order chi connectivity index (χ0) is 14.6. The summed E-state index contributed by atoms with van der Waals surface area (Å²) in [6.07, 6.45) is 1.96. The minimum atomic E-state index is -0.806. The molecule has 1 aromatic carbocycles. The number of hydrogen-bond acceptors (Lipinski definition) is 5. The first-order valence-corrected chi connectivity index (χ1v) is 7.90. The third-order valence-corrected chi connectivity index (χ3v) is 3.98. The van der Waals surface area contributed by atoms with Crippen LogP contribution in [0.25, 0.3) is 10.9 Å². The second-order valence-corrected chi connectivity index (χ2v) is 6.00. The maximum Gasteiger partial charge on any atom is 0.132 e. The highest BCUT2D eigenvalue weighted by molar-refractivity contribution is 7.98. The van der Waals surface area contributed by atoms with Crippen molar-refractivity contribution in [3.63, 3.8) is 0 Å². The molecule has 0 aliphatic carbocycles. The van der Waals surface area contributed by atoms with Crippen molar-refractivity contribution >= 4 is 28.5 Å². The van der Waals surface area contributed by atoms with Crippen LogP contribution in [-0.2, 0) is 6.61 Å². The Morgan fingerprint density at radius 2 is 2.10 bits per heavy atom. The predicted octanol–water partition coefficient (Wildman–Crippen LogP) is 2.25.